The summed E-state index contributed by atoms with van der Waals surface area (Å²) < 4.78 is 19.5. The highest BCUT2D eigenvalue weighted by molar-refractivity contribution is 5.30. The van der Waals surface area contributed by atoms with Gasteiger partial charge in [-0.1, -0.05) is 6.42 Å². The molecule has 0 spiro atoms. The van der Waals surface area contributed by atoms with Crippen LogP contribution in [0.1, 0.15) is 52.0 Å². The van der Waals surface area contributed by atoms with Crippen LogP contribution in [0.3, 0.4) is 0 Å². The summed E-state index contributed by atoms with van der Waals surface area (Å²) in [6.45, 7) is 6.80. The van der Waals surface area contributed by atoms with E-state index in [1.807, 2.05) is 6.07 Å². The van der Waals surface area contributed by atoms with Crippen LogP contribution in [0.5, 0.6) is 5.75 Å². The first-order valence-corrected chi connectivity index (χ1v) is 7.73. The summed E-state index contributed by atoms with van der Waals surface area (Å²) in [4.78, 5) is 0. The van der Waals surface area contributed by atoms with Crippen molar-refractivity contribution in [2.75, 3.05) is 0 Å². The normalized spacial score (nSPS) is 23.1. The van der Waals surface area contributed by atoms with Gasteiger partial charge in [0.15, 0.2) is 0 Å². The number of aliphatic hydroxyl groups excluding tert-OH is 1. The van der Waals surface area contributed by atoms with Crippen molar-refractivity contribution in [2.24, 2.45) is 0 Å². The number of hydrogen-bond donors (Lipinski definition) is 2. The van der Waals surface area contributed by atoms with E-state index in [1.54, 1.807) is 0 Å². The molecule has 1 fully saturated rings. The lowest BCUT2D eigenvalue weighted by atomic mass is 9.95. The maximum atomic E-state index is 13.7. The molecule has 2 unspecified atom stereocenters. The number of benzene rings is 1. The van der Waals surface area contributed by atoms with Crippen LogP contribution >= 0.6 is 0 Å². The molecule has 2 N–H and O–H groups in total. The predicted molar refractivity (Wildman–Crippen MR) is 81.9 cm³/mol. The van der Waals surface area contributed by atoms with Crippen molar-refractivity contribution >= 4 is 0 Å². The summed E-state index contributed by atoms with van der Waals surface area (Å²) in [5, 5.41) is 13.3. The van der Waals surface area contributed by atoms with Gasteiger partial charge in [-0.25, -0.2) is 4.39 Å². The lowest BCUT2D eigenvalue weighted by Crippen LogP contribution is -2.35. The van der Waals surface area contributed by atoms with Gasteiger partial charge in [0, 0.05) is 18.2 Å². The molecule has 1 aromatic rings. The molecule has 0 aliphatic heterocycles. The van der Waals surface area contributed by atoms with E-state index < -0.39 is 6.10 Å². The lowest BCUT2D eigenvalue weighted by molar-refractivity contribution is 0.00668. The number of ether oxygens (including phenoxy) is 1. The van der Waals surface area contributed by atoms with Gasteiger partial charge in [0.05, 0.1) is 6.10 Å². The third-order valence-electron chi connectivity index (χ3n) is 3.71. The Kier molecular flexibility index (Phi) is 5.22. The molecule has 2 rings (SSSR count). The van der Waals surface area contributed by atoms with Gasteiger partial charge in [-0.05, 0) is 57.7 Å². The Hall–Kier alpha value is -1.13. The summed E-state index contributed by atoms with van der Waals surface area (Å²) >= 11 is 0. The van der Waals surface area contributed by atoms with Crippen molar-refractivity contribution < 1.29 is 14.2 Å². The van der Waals surface area contributed by atoms with Crippen LogP contribution in [0.25, 0.3) is 0 Å². The Morgan fingerprint density at radius 2 is 1.95 bits per heavy atom. The largest absolute Gasteiger partial charge is 0.488 e. The van der Waals surface area contributed by atoms with Crippen LogP contribution in [0.15, 0.2) is 18.2 Å². The van der Waals surface area contributed by atoms with Crippen molar-refractivity contribution in [3.63, 3.8) is 0 Å². The maximum absolute atomic E-state index is 13.7. The van der Waals surface area contributed by atoms with Crippen molar-refractivity contribution in [3.8, 4) is 5.75 Å². The minimum Gasteiger partial charge on any atom is -0.488 e. The zero-order chi connectivity index (χ0) is 15.5. The van der Waals surface area contributed by atoms with E-state index in [2.05, 4.69) is 26.1 Å². The van der Waals surface area contributed by atoms with E-state index in [-0.39, 0.29) is 17.5 Å². The van der Waals surface area contributed by atoms with Gasteiger partial charge in [-0.3, -0.25) is 0 Å². The number of aliphatic hydroxyl groups is 1. The Morgan fingerprint density at radius 1 is 1.24 bits per heavy atom. The first-order chi connectivity index (χ1) is 9.83. The number of halogens is 1. The molecule has 21 heavy (non-hydrogen) atoms. The van der Waals surface area contributed by atoms with Crippen molar-refractivity contribution in [1.82, 2.24) is 5.32 Å². The molecule has 0 aromatic heterocycles. The molecule has 0 amide bonds. The predicted octanol–water partition coefficient (Wildman–Crippen LogP) is 3.40. The smallest absolute Gasteiger partial charge is 0.127 e. The summed E-state index contributed by atoms with van der Waals surface area (Å²) in [6, 6.07) is 4.76. The molecular formula is C17H26FNO2. The SMILES string of the molecule is CC(C)(C)NCc1cc(F)cc(OC2CCCCC2O)c1. The molecule has 4 heteroatoms. The van der Waals surface area contributed by atoms with Crippen LogP contribution in [-0.4, -0.2) is 22.9 Å². The molecule has 0 bridgehead atoms. The standard InChI is InChI=1S/C17H26FNO2/c1-17(2,3)19-11-12-8-13(18)10-14(9-12)21-16-7-5-4-6-15(16)20/h8-10,15-16,19-20H,4-7,11H2,1-3H3. The monoisotopic (exact) mass is 295 g/mol. The van der Waals surface area contributed by atoms with E-state index in [9.17, 15) is 9.50 Å². The lowest BCUT2D eigenvalue weighted by Gasteiger charge is -2.28. The van der Waals surface area contributed by atoms with Crippen LogP contribution in [0.4, 0.5) is 4.39 Å². The molecule has 0 heterocycles. The Bertz CT molecular complexity index is 470. The second-order valence-electron chi connectivity index (χ2n) is 6.91. The minimum absolute atomic E-state index is 0.0209. The second-order valence-corrected chi connectivity index (χ2v) is 6.91. The Morgan fingerprint density at radius 3 is 2.62 bits per heavy atom. The summed E-state index contributed by atoms with van der Waals surface area (Å²) in [5.74, 6) is 0.204. The highest BCUT2D eigenvalue weighted by Gasteiger charge is 2.24. The summed E-state index contributed by atoms with van der Waals surface area (Å²) in [7, 11) is 0. The fourth-order valence-electron chi connectivity index (χ4n) is 2.55. The summed E-state index contributed by atoms with van der Waals surface area (Å²) in [6.07, 6.45) is 3.01. The van der Waals surface area contributed by atoms with Gasteiger partial charge >= 0.3 is 0 Å². The molecule has 0 saturated heterocycles. The molecule has 0 radical (unpaired) electrons. The highest BCUT2D eigenvalue weighted by Crippen LogP contribution is 2.25. The van der Waals surface area contributed by atoms with Gasteiger partial charge in [0.1, 0.15) is 17.7 Å². The van der Waals surface area contributed by atoms with Crippen molar-refractivity contribution in [2.45, 2.75) is 70.7 Å². The minimum atomic E-state index is -0.446. The van der Waals surface area contributed by atoms with Crippen molar-refractivity contribution in [3.05, 3.63) is 29.6 Å². The van der Waals surface area contributed by atoms with Gasteiger partial charge in [-0.2, -0.15) is 0 Å². The topological polar surface area (TPSA) is 41.5 Å². The van der Waals surface area contributed by atoms with E-state index in [0.717, 1.165) is 31.2 Å². The molecule has 1 aliphatic carbocycles. The first kappa shape index (κ1) is 16.2. The average Bonchev–Trinajstić information content (AvgIpc) is 2.38. The zero-order valence-electron chi connectivity index (χ0n) is 13.2. The third-order valence-corrected chi connectivity index (χ3v) is 3.71. The van der Waals surface area contributed by atoms with Crippen LogP contribution in [-0.2, 0) is 6.54 Å². The second kappa shape index (κ2) is 6.75. The van der Waals surface area contributed by atoms with E-state index >= 15 is 0 Å². The fourth-order valence-corrected chi connectivity index (χ4v) is 2.55. The van der Waals surface area contributed by atoms with Gasteiger partial charge in [-0.15, -0.1) is 0 Å². The molecule has 3 nitrogen and oxygen atoms in total. The quantitative estimate of drug-likeness (QED) is 0.894. The molecule has 1 aliphatic rings. The number of hydrogen-bond acceptors (Lipinski definition) is 3. The zero-order valence-corrected chi connectivity index (χ0v) is 13.2. The Balaban J connectivity index is 2.04. The third kappa shape index (κ3) is 5.29. The first-order valence-electron chi connectivity index (χ1n) is 7.73. The number of rotatable bonds is 4. The van der Waals surface area contributed by atoms with Gasteiger partial charge in [0.2, 0.25) is 0 Å². The molecule has 1 saturated carbocycles. The van der Waals surface area contributed by atoms with E-state index in [0.29, 0.717) is 12.3 Å². The molecular weight excluding hydrogens is 269 g/mol. The highest BCUT2D eigenvalue weighted by atomic mass is 19.1. The van der Waals surface area contributed by atoms with Crippen molar-refractivity contribution in [1.29, 1.82) is 0 Å². The van der Waals surface area contributed by atoms with Gasteiger partial charge < -0.3 is 15.2 Å². The van der Waals surface area contributed by atoms with Crippen LogP contribution in [0.2, 0.25) is 0 Å². The Labute approximate surface area is 126 Å². The fraction of sp³-hybridized carbons (Fsp3) is 0.647. The molecule has 1 aromatic carbocycles. The summed E-state index contributed by atoms with van der Waals surface area (Å²) in [5.41, 5.74) is 0.831. The van der Waals surface area contributed by atoms with Crippen LogP contribution in [0, 0.1) is 5.82 Å². The molecule has 2 atom stereocenters. The number of nitrogens with one attached hydrogen (secondary N) is 1. The average molecular weight is 295 g/mol. The maximum Gasteiger partial charge on any atom is 0.127 e. The van der Waals surface area contributed by atoms with E-state index in [4.69, 9.17) is 4.74 Å². The van der Waals surface area contributed by atoms with Crippen LogP contribution < -0.4 is 10.1 Å². The van der Waals surface area contributed by atoms with E-state index in [1.165, 1.54) is 12.1 Å². The molecule has 118 valence electrons. The van der Waals surface area contributed by atoms with Gasteiger partial charge in [0.25, 0.3) is 0 Å².